The number of aromatic nitrogens is 5. The van der Waals surface area contributed by atoms with E-state index in [1.165, 1.54) is 42.3 Å². The number of halogens is 1. The Bertz CT molecular complexity index is 1160. The van der Waals surface area contributed by atoms with Crippen LogP contribution in [-0.4, -0.2) is 80.4 Å². The van der Waals surface area contributed by atoms with Crippen LogP contribution in [0.15, 0.2) is 18.7 Å². The van der Waals surface area contributed by atoms with E-state index >= 15 is 0 Å². The zero-order valence-corrected chi connectivity index (χ0v) is 23.9. The normalized spacial score (nSPS) is 12.9. The van der Waals surface area contributed by atoms with Gasteiger partial charge >= 0.3 is 70.2 Å². The number of hydrogen-bond acceptors (Lipinski definition) is 7. The number of piperazine rings is 1. The number of rotatable bonds is 4. The standard InChI is InChI=1S/C19H21N7O4.BrH.K.Li/c1-11-22-10-26(23-11)18-16-15(14(30-3)9-21-18)13(8-20-16)17(28)19(29)25-6-4-24(5-7-25)12(2)27;;;/h8-10H,4-7H2,1-3H3,(H,20,21,28);1H;;/q;;2*+1/p-2. The van der Waals surface area contributed by atoms with E-state index < -0.39 is 11.7 Å². The molecule has 0 radical (unpaired) electrons. The number of amides is 2. The van der Waals surface area contributed by atoms with Crippen LogP contribution < -0.4 is 96.9 Å². The Morgan fingerprint density at radius 1 is 1.09 bits per heavy atom. The van der Waals surface area contributed by atoms with E-state index in [4.69, 9.17) is 4.74 Å². The number of nitrogens with zero attached hydrogens (tertiary/aromatic N) is 7. The van der Waals surface area contributed by atoms with Gasteiger partial charge in [-0.15, -0.1) is 0 Å². The van der Waals surface area contributed by atoms with Crippen LogP contribution in [0.5, 0.6) is 5.75 Å². The Hall–Kier alpha value is -1.05. The summed E-state index contributed by atoms with van der Waals surface area (Å²) in [7, 11) is 1.46. The van der Waals surface area contributed by atoms with Crippen molar-refractivity contribution in [3.63, 3.8) is 0 Å². The minimum atomic E-state index is -0.681. The first kappa shape index (κ1) is 30.0. The van der Waals surface area contributed by atoms with Gasteiger partial charge in [0.2, 0.25) is 11.7 Å². The molecule has 14 heteroatoms. The summed E-state index contributed by atoms with van der Waals surface area (Å²) in [5, 5.41) is 4.64. The Morgan fingerprint density at radius 3 is 2.27 bits per heavy atom. The summed E-state index contributed by atoms with van der Waals surface area (Å²) in [5.41, 5.74) is 0.526. The number of Topliss-reactive ketones (excluding diaryl/α,β-unsaturated/α-hetero) is 1. The number of ether oxygens (including phenoxy) is 1. The molecule has 164 valence electrons. The van der Waals surface area contributed by atoms with Crippen LogP contribution in [0.1, 0.15) is 23.1 Å². The minimum Gasteiger partial charge on any atom is -1.00 e. The predicted octanol–water partition coefficient (Wildman–Crippen LogP) is -9.02. The Balaban J connectivity index is 0.00000181. The molecule has 1 saturated heterocycles. The monoisotopic (exact) mass is 535 g/mol. The van der Waals surface area contributed by atoms with E-state index in [1.807, 2.05) is 0 Å². The molecule has 0 N–H and O–H groups in total. The summed E-state index contributed by atoms with van der Waals surface area (Å²) in [6, 6.07) is 0. The Kier molecular flexibility index (Phi) is 11.4. The first-order chi connectivity index (χ1) is 14.4. The molecule has 0 aromatic carbocycles. The molecule has 4 heterocycles. The second kappa shape index (κ2) is 12.6. The van der Waals surface area contributed by atoms with E-state index in [0.29, 0.717) is 54.5 Å². The molecule has 4 rings (SSSR count). The molecule has 1 aliphatic heterocycles. The SMILES string of the molecule is COc1cnc(-n2cnc(C)n2)c2[n-]cc(C(=O)C(=O)N3CCN(C(C)=O)CC3)c12.[Br-].[K+].[Li+]. The van der Waals surface area contributed by atoms with Gasteiger partial charge in [-0.3, -0.25) is 14.4 Å². The summed E-state index contributed by atoms with van der Waals surface area (Å²) >= 11 is 0. The Labute approximate surface area is 255 Å². The molecule has 11 nitrogen and oxygen atoms in total. The third-order valence-corrected chi connectivity index (χ3v) is 5.09. The number of ketones is 1. The van der Waals surface area contributed by atoms with E-state index in [-0.39, 0.29) is 98.7 Å². The average molecular weight is 536 g/mol. The van der Waals surface area contributed by atoms with Gasteiger partial charge in [0, 0.05) is 44.1 Å². The van der Waals surface area contributed by atoms with E-state index in [2.05, 4.69) is 20.1 Å². The largest absolute Gasteiger partial charge is 1.00 e. The van der Waals surface area contributed by atoms with Crippen molar-refractivity contribution in [2.45, 2.75) is 13.8 Å². The first-order valence-corrected chi connectivity index (χ1v) is 9.37. The quantitative estimate of drug-likeness (QED) is 0.183. The number of pyridine rings is 1. The number of methoxy groups -OCH3 is 1. The van der Waals surface area contributed by atoms with Crippen LogP contribution >= 0.6 is 0 Å². The average Bonchev–Trinajstić information content (AvgIpc) is 3.39. The van der Waals surface area contributed by atoms with Crippen LogP contribution in [0.2, 0.25) is 0 Å². The molecule has 0 saturated carbocycles. The van der Waals surface area contributed by atoms with Crippen LogP contribution in [0, 0.1) is 6.92 Å². The molecule has 0 bridgehead atoms. The third-order valence-electron chi connectivity index (χ3n) is 5.09. The van der Waals surface area contributed by atoms with Crippen molar-refractivity contribution in [3.8, 4) is 11.6 Å². The van der Waals surface area contributed by atoms with Gasteiger partial charge < -0.3 is 36.5 Å². The van der Waals surface area contributed by atoms with Crippen LogP contribution in [0.3, 0.4) is 0 Å². The topological polar surface area (TPSA) is 125 Å². The third kappa shape index (κ3) is 5.97. The van der Waals surface area contributed by atoms with Crippen molar-refractivity contribution in [2.75, 3.05) is 33.3 Å². The molecule has 1 fully saturated rings. The minimum absolute atomic E-state index is 0. The zero-order chi connectivity index (χ0) is 21.4. The van der Waals surface area contributed by atoms with Crippen molar-refractivity contribution in [1.29, 1.82) is 0 Å². The number of aryl methyl sites for hydroxylation is 1. The second-order valence-corrected chi connectivity index (χ2v) is 6.91. The van der Waals surface area contributed by atoms with Crippen molar-refractivity contribution < 1.29 is 106 Å². The van der Waals surface area contributed by atoms with Gasteiger partial charge in [0.25, 0.3) is 5.91 Å². The second-order valence-electron chi connectivity index (χ2n) is 6.91. The van der Waals surface area contributed by atoms with Gasteiger partial charge in [-0.1, -0.05) is 5.52 Å². The molecule has 3 aromatic heterocycles. The van der Waals surface area contributed by atoms with Crippen molar-refractivity contribution >= 4 is 28.5 Å². The van der Waals surface area contributed by atoms with Crippen LogP contribution in [0.25, 0.3) is 16.7 Å². The van der Waals surface area contributed by atoms with Crippen LogP contribution in [0.4, 0.5) is 0 Å². The van der Waals surface area contributed by atoms with E-state index in [9.17, 15) is 14.4 Å². The van der Waals surface area contributed by atoms with Gasteiger partial charge in [-0.25, -0.2) is 14.6 Å². The van der Waals surface area contributed by atoms with Crippen LogP contribution in [-0.2, 0) is 9.59 Å². The van der Waals surface area contributed by atoms with Gasteiger partial charge in [0.15, 0.2) is 0 Å². The Morgan fingerprint density at radius 2 is 1.73 bits per heavy atom. The molecule has 1 aliphatic rings. The van der Waals surface area contributed by atoms with Gasteiger partial charge in [0.1, 0.15) is 23.7 Å². The van der Waals surface area contributed by atoms with Gasteiger partial charge in [0.05, 0.1) is 13.3 Å². The maximum atomic E-state index is 13.0. The zero-order valence-electron chi connectivity index (χ0n) is 19.2. The number of carbonyl (C=O) groups is 3. The fourth-order valence-electron chi connectivity index (χ4n) is 3.48. The summed E-state index contributed by atoms with van der Waals surface area (Å²) in [6.07, 6.45) is 4.32. The molecule has 0 spiro atoms. The summed E-state index contributed by atoms with van der Waals surface area (Å²) in [4.78, 5) is 53.2. The van der Waals surface area contributed by atoms with Crippen molar-refractivity contribution in [3.05, 3.63) is 30.1 Å². The summed E-state index contributed by atoms with van der Waals surface area (Å²) < 4.78 is 6.83. The maximum Gasteiger partial charge on any atom is 1.00 e. The number of carbonyl (C=O) groups excluding carboxylic acids is 3. The summed E-state index contributed by atoms with van der Waals surface area (Å²) in [6.45, 7) is 4.64. The number of hydrogen-bond donors (Lipinski definition) is 0. The van der Waals surface area contributed by atoms with E-state index in [1.54, 1.807) is 11.8 Å². The molecule has 0 unspecified atom stereocenters. The molecule has 3 aromatic rings. The molecular formula is C19H20BrKLiN7O4. The predicted molar refractivity (Wildman–Crippen MR) is 104 cm³/mol. The summed E-state index contributed by atoms with van der Waals surface area (Å²) in [5.74, 6) is -0.0894. The fraction of sp³-hybridized carbons (Fsp3) is 0.368. The van der Waals surface area contributed by atoms with Crippen molar-refractivity contribution in [2.24, 2.45) is 0 Å². The molecule has 33 heavy (non-hydrogen) atoms. The van der Waals surface area contributed by atoms with Gasteiger partial charge in [-0.2, -0.15) is 11.3 Å². The maximum absolute atomic E-state index is 13.0. The molecular weight excluding hydrogens is 516 g/mol. The smallest absolute Gasteiger partial charge is 1.00 e. The van der Waals surface area contributed by atoms with Crippen molar-refractivity contribution in [1.82, 2.24) is 34.5 Å². The molecule has 0 atom stereocenters. The number of fused-ring (bicyclic) bond motifs is 1. The first-order valence-electron chi connectivity index (χ1n) is 9.37. The fourth-order valence-corrected chi connectivity index (χ4v) is 3.48. The molecule has 2 amide bonds. The van der Waals surface area contributed by atoms with Gasteiger partial charge in [-0.05, 0) is 6.92 Å². The molecule has 0 aliphatic carbocycles. The van der Waals surface area contributed by atoms with E-state index in [0.717, 1.165) is 0 Å².